The number of benzene rings is 1. The minimum absolute atomic E-state index is 0.00516. The molecule has 9 heteroatoms. The highest BCUT2D eigenvalue weighted by atomic mass is 35.5. The van der Waals surface area contributed by atoms with Crippen LogP contribution < -0.4 is 0 Å². The van der Waals surface area contributed by atoms with Crippen molar-refractivity contribution in [3.8, 4) is 0 Å². The molecule has 1 aliphatic rings. The number of carbonyl (C=O) groups is 1. The molecule has 7 nitrogen and oxygen atoms in total. The summed E-state index contributed by atoms with van der Waals surface area (Å²) in [7, 11) is -1.98. The lowest BCUT2D eigenvalue weighted by atomic mass is 10.1. The molecular weight excluding hydrogens is 438 g/mol. The maximum atomic E-state index is 14.0. The van der Waals surface area contributed by atoms with E-state index in [-0.39, 0.29) is 29.7 Å². The van der Waals surface area contributed by atoms with Crippen LogP contribution in [0.4, 0.5) is 0 Å². The molecule has 0 unspecified atom stereocenters. The van der Waals surface area contributed by atoms with E-state index >= 15 is 0 Å². The highest BCUT2D eigenvalue weighted by molar-refractivity contribution is 7.89. The van der Waals surface area contributed by atoms with E-state index in [0.29, 0.717) is 29.3 Å². The van der Waals surface area contributed by atoms with E-state index < -0.39 is 16.0 Å². The number of rotatable bonds is 7. The van der Waals surface area contributed by atoms with Crippen molar-refractivity contribution < 1.29 is 17.9 Å². The third-order valence-corrected chi connectivity index (χ3v) is 8.18. The number of halogens is 1. The van der Waals surface area contributed by atoms with Gasteiger partial charge in [-0.1, -0.05) is 29.8 Å². The van der Waals surface area contributed by atoms with Gasteiger partial charge in [0.1, 0.15) is 10.5 Å². The van der Waals surface area contributed by atoms with Crippen LogP contribution in [0, 0.1) is 13.8 Å². The van der Waals surface area contributed by atoms with Crippen molar-refractivity contribution in [3.63, 3.8) is 0 Å². The highest BCUT2D eigenvalue weighted by Crippen LogP contribution is 2.33. The van der Waals surface area contributed by atoms with Crippen molar-refractivity contribution in [2.75, 3.05) is 26.7 Å². The van der Waals surface area contributed by atoms with Crippen molar-refractivity contribution in [2.45, 2.75) is 51.1 Å². The Morgan fingerprint density at radius 2 is 1.87 bits per heavy atom. The molecule has 0 aliphatic carbocycles. The number of nitrogens with one attached hydrogen (secondary N) is 1. The minimum Gasteiger partial charge on any atom is -0.462 e. The largest absolute Gasteiger partial charge is 0.462 e. The predicted molar refractivity (Wildman–Crippen MR) is 121 cm³/mol. The number of hydrogen-bond donors (Lipinski definition) is 1. The van der Waals surface area contributed by atoms with Gasteiger partial charge in [-0.25, -0.2) is 13.2 Å². The van der Waals surface area contributed by atoms with Crippen LogP contribution >= 0.6 is 11.6 Å². The molecule has 31 heavy (non-hydrogen) atoms. The predicted octanol–water partition coefficient (Wildman–Crippen LogP) is 3.75. The van der Waals surface area contributed by atoms with Gasteiger partial charge >= 0.3 is 5.97 Å². The van der Waals surface area contributed by atoms with Crippen molar-refractivity contribution in [1.29, 1.82) is 0 Å². The van der Waals surface area contributed by atoms with E-state index in [2.05, 4.69) is 9.88 Å². The lowest BCUT2D eigenvalue weighted by Gasteiger charge is -2.36. The lowest BCUT2D eigenvalue weighted by Crippen LogP contribution is -2.46. The summed E-state index contributed by atoms with van der Waals surface area (Å²) in [6, 6.07) is 7.06. The highest BCUT2D eigenvalue weighted by Gasteiger charge is 2.39. The van der Waals surface area contributed by atoms with Crippen LogP contribution in [0.2, 0.25) is 5.02 Å². The summed E-state index contributed by atoms with van der Waals surface area (Å²) in [5.41, 5.74) is 1.72. The third kappa shape index (κ3) is 4.98. The van der Waals surface area contributed by atoms with Crippen molar-refractivity contribution >= 4 is 27.6 Å². The first-order chi connectivity index (χ1) is 14.7. The van der Waals surface area contributed by atoms with Gasteiger partial charge in [-0.05, 0) is 65.4 Å². The Morgan fingerprint density at radius 1 is 1.23 bits per heavy atom. The normalized spacial score (nSPS) is 16.1. The molecule has 1 aromatic heterocycles. The van der Waals surface area contributed by atoms with Crippen molar-refractivity contribution in [3.05, 3.63) is 51.8 Å². The second-order valence-corrected chi connectivity index (χ2v) is 10.2. The molecule has 1 aromatic carbocycles. The first kappa shape index (κ1) is 23.8. The topological polar surface area (TPSA) is 82.7 Å². The molecular formula is C22H30ClN3O4S. The monoisotopic (exact) mass is 467 g/mol. The zero-order valence-corrected chi connectivity index (χ0v) is 20.0. The molecule has 1 fully saturated rings. The summed E-state index contributed by atoms with van der Waals surface area (Å²) in [6.45, 7) is 6.97. The lowest BCUT2D eigenvalue weighted by molar-refractivity contribution is 0.0521. The van der Waals surface area contributed by atoms with Gasteiger partial charge in [0.25, 0.3) is 0 Å². The fourth-order valence-electron chi connectivity index (χ4n) is 4.13. The maximum absolute atomic E-state index is 14.0. The molecule has 2 aromatic rings. The number of aromatic nitrogens is 1. The zero-order chi connectivity index (χ0) is 22.8. The number of likely N-dealkylation sites (tertiary alicyclic amines) is 1. The van der Waals surface area contributed by atoms with E-state index in [0.717, 1.165) is 18.7 Å². The first-order valence-electron chi connectivity index (χ1n) is 10.5. The molecule has 1 aliphatic heterocycles. The number of ether oxygens (including phenoxy) is 1. The Morgan fingerprint density at radius 3 is 2.48 bits per heavy atom. The number of aryl methyl sites for hydroxylation is 2. The fourth-order valence-corrected chi connectivity index (χ4v) is 6.41. The zero-order valence-electron chi connectivity index (χ0n) is 18.4. The quantitative estimate of drug-likeness (QED) is 0.627. The smallest absolute Gasteiger partial charge is 0.341 e. The van der Waals surface area contributed by atoms with Crippen molar-refractivity contribution in [2.24, 2.45) is 0 Å². The summed E-state index contributed by atoms with van der Waals surface area (Å²) in [5, 5.41) is 0.517. The van der Waals surface area contributed by atoms with Gasteiger partial charge in [0, 0.05) is 29.0 Å². The van der Waals surface area contributed by atoms with Gasteiger partial charge in [0.05, 0.1) is 6.61 Å². The molecule has 1 saturated heterocycles. The van der Waals surface area contributed by atoms with Gasteiger partial charge < -0.3 is 14.6 Å². The molecule has 0 radical (unpaired) electrons. The summed E-state index contributed by atoms with van der Waals surface area (Å²) in [5.74, 6) is -0.635. The SMILES string of the molecule is CCOC(=O)c1c(C)[nH]c(C)c1S(=O)(=O)N(Cc1ccccc1Cl)C1CCN(C)CC1. The number of esters is 1. The van der Waals surface area contributed by atoms with E-state index in [4.69, 9.17) is 16.3 Å². The van der Waals surface area contributed by atoms with Crippen LogP contribution in [0.5, 0.6) is 0 Å². The minimum atomic E-state index is -4.01. The molecule has 170 valence electrons. The average molecular weight is 468 g/mol. The summed E-state index contributed by atoms with van der Waals surface area (Å²) in [4.78, 5) is 17.9. The number of sulfonamides is 1. The average Bonchev–Trinajstić information content (AvgIpc) is 3.03. The summed E-state index contributed by atoms with van der Waals surface area (Å²) < 4.78 is 34.7. The van der Waals surface area contributed by atoms with E-state index in [9.17, 15) is 13.2 Å². The molecule has 3 rings (SSSR count). The van der Waals surface area contributed by atoms with Crippen LogP contribution in [0.3, 0.4) is 0 Å². The molecule has 0 atom stereocenters. The van der Waals surface area contributed by atoms with E-state index in [1.807, 2.05) is 25.2 Å². The Balaban J connectivity index is 2.10. The Kier molecular flexibility index (Phi) is 7.47. The first-order valence-corrected chi connectivity index (χ1v) is 12.3. The number of aromatic amines is 1. The second kappa shape index (κ2) is 9.73. The van der Waals surface area contributed by atoms with Crippen LogP contribution in [0.15, 0.2) is 29.2 Å². The van der Waals surface area contributed by atoms with Crippen molar-refractivity contribution in [1.82, 2.24) is 14.2 Å². The molecule has 0 spiro atoms. The van der Waals surface area contributed by atoms with E-state index in [1.165, 1.54) is 4.31 Å². The number of carbonyl (C=O) groups excluding carboxylic acids is 1. The standard InChI is InChI=1S/C22H30ClN3O4S/c1-5-30-22(27)20-15(2)24-16(3)21(20)31(28,29)26(18-10-12-25(4)13-11-18)14-17-8-6-7-9-19(17)23/h6-9,18,24H,5,10-14H2,1-4H3. The van der Waals surface area contributed by atoms with Gasteiger partial charge in [0.2, 0.25) is 10.0 Å². The Bertz CT molecular complexity index is 1040. The van der Waals surface area contributed by atoms with E-state index in [1.54, 1.807) is 26.8 Å². The number of nitrogens with zero attached hydrogens (tertiary/aromatic N) is 2. The maximum Gasteiger partial charge on any atom is 0.341 e. The third-order valence-electron chi connectivity index (χ3n) is 5.74. The van der Waals surface area contributed by atoms with Crippen LogP contribution in [0.1, 0.15) is 47.1 Å². The number of piperidine rings is 1. The number of H-pyrrole nitrogens is 1. The second-order valence-electron chi connectivity index (χ2n) is 7.98. The van der Waals surface area contributed by atoms with Gasteiger partial charge in [-0.3, -0.25) is 0 Å². The molecule has 1 N–H and O–H groups in total. The number of hydrogen-bond acceptors (Lipinski definition) is 5. The molecule has 0 saturated carbocycles. The van der Waals surface area contributed by atoms with Gasteiger partial charge in [-0.15, -0.1) is 0 Å². The van der Waals surface area contributed by atoms with Gasteiger partial charge in [-0.2, -0.15) is 4.31 Å². The summed E-state index contributed by atoms with van der Waals surface area (Å²) >= 11 is 6.37. The molecule has 0 amide bonds. The van der Waals surface area contributed by atoms with Gasteiger partial charge in [0.15, 0.2) is 0 Å². The van der Waals surface area contributed by atoms with Crippen LogP contribution in [0.25, 0.3) is 0 Å². The Labute approximate surface area is 189 Å². The Hall–Kier alpha value is -1.87. The molecule has 0 bridgehead atoms. The van der Waals surface area contributed by atoms with Crippen LogP contribution in [-0.2, 0) is 21.3 Å². The summed E-state index contributed by atoms with van der Waals surface area (Å²) in [6.07, 6.45) is 1.41. The fraction of sp³-hybridized carbons (Fsp3) is 0.500. The molecule has 2 heterocycles. The van der Waals surface area contributed by atoms with Crippen LogP contribution in [-0.4, -0.2) is 61.4 Å².